The van der Waals surface area contributed by atoms with E-state index in [1.54, 1.807) is 0 Å². The molecule has 20 heavy (non-hydrogen) atoms. The molecule has 104 valence electrons. The normalized spacial score (nSPS) is 10.3. The van der Waals surface area contributed by atoms with Gasteiger partial charge in [0.15, 0.2) is 0 Å². The SMILES string of the molecule is COC(=O)c1c(-c2ccc(Cl)cc2[N+](=O)[O-])noc1C. The van der Waals surface area contributed by atoms with Gasteiger partial charge in [0.2, 0.25) is 0 Å². The number of nitro benzene ring substituents is 1. The summed E-state index contributed by atoms with van der Waals surface area (Å²) in [6.07, 6.45) is 0. The first-order valence-electron chi connectivity index (χ1n) is 5.44. The highest BCUT2D eigenvalue weighted by atomic mass is 35.5. The maximum Gasteiger partial charge on any atom is 0.343 e. The van der Waals surface area contributed by atoms with Crippen LogP contribution < -0.4 is 0 Å². The summed E-state index contributed by atoms with van der Waals surface area (Å²) in [7, 11) is 1.20. The fraction of sp³-hybridized carbons (Fsp3) is 0.167. The molecule has 0 fully saturated rings. The second kappa shape index (κ2) is 5.30. The molecule has 0 atom stereocenters. The molecule has 0 bridgehead atoms. The van der Waals surface area contributed by atoms with Crippen molar-refractivity contribution in [3.8, 4) is 11.3 Å². The molecule has 7 nitrogen and oxygen atoms in total. The number of hydrogen-bond donors (Lipinski definition) is 0. The minimum absolute atomic E-state index is 0.0534. The number of benzene rings is 1. The fourth-order valence-electron chi connectivity index (χ4n) is 1.75. The lowest BCUT2D eigenvalue weighted by Gasteiger charge is -2.02. The molecule has 1 aromatic heterocycles. The van der Waals surface area contributed by atoms with Crippen LogP contribution in [0.3, 0.4) is 0 Å². The van der Waals surface area contributed by atoms with Crippen LogP contribution in [0.2, 0.25) is 5.02 Å². The molecule has 0 unspecified atom stereocenters. The Balaban J connectivity index is 2.69. The molecule has 1 aromatic carbocycles. The lowest BCUT2D eigenvalue weighted by Crippen LogP contribution is -2.04. The Morgan fingerprint density at radius 1 is 1.50 bits per heavy atom. The number of carbonyl (C=O) groups is 1. The van der Waals surface area contributed by atoms with Gasteiger partial charge in [0.05, 0.1) is 17.6 Å². The molecule has 0 radical (unpaired) electrons. The second-order valence-corrected chi connectivity index (χ2v) is 4.31. The Morgan fingerprint density at radius 2 is 2.20 bits per heavy atom. The van der Waals surface area contributed by atoms with E-state index in [-0.39, 0.29) is 33.3 Å². The zero-order valence-corrected chi connectivity index (χ0v) is 11.3. The van der Waals surface area contributed by atoms with E-state index in [1.807, 2.05) is 0 Å². The molecular weight excluding hydrogens is 288 g/mol. The first-order chi connectivity index (χ1) is 9.45. The number of rotatable bonds is 3. The van der Waals surface area contributed by atoms with E-state index in [0.717, 1.165) is 0 Å². The first-order valence-corrected chi connectivity index (χ1v) is 5.82. The van der Waals surface area contributed by atoms with Gasteiger partial charge in [-0.2, -0.15) is 0 Å². The molecule has 0 aliphatic heterocycles. The fourth-order valence-corrected chi connectivity index (χ4v) is 1.92. The smallest absolute Gasteiger partial charge is 0.343 e. The van der Waals surface area contributed by atoms with Crippen LogP contribution in [0, 0.1) is 17.0 Å². The summed E-state index contributed by atoms with van der Waals surface area (Å²) in [5.74, 6) is -0.459. The first kappa shape index (κ1) is 14.0. The minimum Gasteiger partial charge on any atom is -0.465 e. The summed E-state index contributed by atoms with van der Waals surface area (Å²) in [5.41, 5.74) is -0.0248. The molecule has 0 spiro atoms. The summed E-state index contributed by atoms with van der Waals surface area (Å²) >= 11 is 5.74. The lowest BCUT2D eigenvalue weighted by molar-refractivity contribution is -0.384. The van der Waals surface area contributed by atoms with E-state index in [1.165, 1.54) is 32.2 Å². The number of nitro groups is 1. The van der Waals surface area contributed by atoms with Gasteiger partial charge in [-0.15, -0.1) is 0 Å². The Hall–Kier alpha value is -2.41. The zero-order valence-electron chi connectivity index (χ0n) is 10.5. The molecule has 0 saturated carbocycles. The zero-order chi connectivity index (χ0) is 14.9. The van der Waals surface area contributed by atoms with Crippen LogP contribution >= 0.6 is 11.6 Å². The third kappa shape index (κ3) is 2.35. The third-order valence-electron chi connectivity index (χ3n) is 2.66. The van der Waals surface area contributed by atoms with Crippen LogP contribution in [0.25, 0.3) is 11.3 Å². The van der Waals surface area contributed by atoms with Crippen LogP contribution in [-0.4, -0.2) is 23.2 Å². The summed E-state index contributed by atoms with van der Waals surface area (Å²) < 4.78 is 9.56. The third-order valence-corrected chi connectivity index (χ3v) is 2.90. The maximum absolute atomic E-state index is 11.7. The number of halogens is 1. The summed E-state index contributed by atoms with van der Waals surface area (Å²) in [5, 5.41) is 15.0. The molecule has 0 amide bonds. The van der Waals surface area contributed by atoms with Crippen molar-refractivity contribution in [2.24, 2.45) is 0 Å². The largest absolute Gasteiger partial charge is 0.465 e. The van der Waals surface area contributed by atoms with Crippen LogP contribution in [0.5, 0.6) is 0 Å². The van der Waals surface area contributed by atoms with Crippen LogP contribution in [0.1, 0.15) is 16.1 Å². The number of carbonyl (C=O) groups excluding carboxylic acids is 1. The van der Waals surface area contributed by atoms with Crippen molar-refractivity contribution in [3.63, 3.8) is 0 Å². The molecular formula is C12H9ClN2O5. The highest BCUT2D eigenvalue weighted by molar-refractivity contribution is 6.31. The van der Waals surface area contributed by atoms with Crippen molar-refractivity contribution in [1.82, 2.24) is 5.16 Å². The van der Waals surface area contributed by atoms with Crippen molar-refractivity contribution >= 4 is 23.3 Å². The number of aryl methyl sites for hydroxylation is 1. The number of aromatic nitrogens is 1. The van der Waals surface area contributed by atoms with Gasteiger partial charge < -0.3 is 9.26 Å². The quantitative estimate of drug-likeness (QED) is 0.491. The number of esters is 1. The van der Waals surface area contributed by atoms with Crippen molar-refractivity contribution < 1.29 is 19.0 Å². The highest BCUT2D eigenvalue weighted by Crippen LogP contribution is 2.34. The van der Waals surface area contributed by atoms with Gasteiger partial charge in [-0.1, -0.05) is 16.8 Å². The van der Waals surface area contributed by atoms with Crippen LogP contribution in [0.4, 0.5) is 5.69 Å². The van der Waals surface area contributed by atoms with E-state index in [4.69, 9.17) is 16.1 Å². The number of hydrogen-bond acceptors (Lipinski definition) is 6. The molecule has 0 aliphatic carbocycles. The molecule has 2 rings (SSSR count). The van der Waals surface area contributed by atoms with Crippen molar-refractivity contribution in [3.05, 3.63) is 44.7 Å². The number of ether oxygens (including phenoxy) is 1. The van der Waals surface area contributed by atoms with Gasteiger partial charge in [-0.3, -0.25) is 10.1 Å². The van der Waals surface area contributed by atoms with Crippen LogP contribution in [0.15, 0.2) is 22.7 Å². The minimum atomic E-state index is -0.678. The second-order valence-electron chi connectivity index (χ2n) is 3.87. The monoisotopic (exact) mass is 296 g/mol. The molecule has 0 saturated heterocycles. The van der Waals surface area contributed by atoms with Gasteiger partial charge in [-0.25, -0.2) is 4.79 Å². The molecule has 0 N–H and O–H groups in total. The van der Waals surface area contributed by atoms with Gasteiger partial charge in [-0.05, 0) is 19.1 Å². The van der Waals surface area contributed by atoms with Gasteiger partial charge >= 0.3 is 5.97 Å². The Kier molecular flexibility index (Phi) is 3.71. The number of nitrogens with zero attached hydrogens (tertiary/aromatic N) is 2. The topological polar surface area (TPSA) is 95.5 Å². The Labute approximate surface area is 118 Å². The predicted octanol–water partition coefficient (Wildman–Crippen LogP) is 3.00. The average Bonchev–Trinajstić information content (AvgIpc) is 2.79. The molecule has 8 heteroatoms. The van der Waals surface area contributed by atoms with E-state index in [0.29, 0.717) is 0 Å². The van der Waals surface area contributed by atoms with E-state index in [2.05, 4.69) is 9.89 Å². The van der Waals surface area contributed by atoms with E-state index >= 15 is 0 Å². The maximum atomic E-state index is 11.7. The highest BCUT2D eigenvalue weighted by Gasteiger charge is 2.27. The van der Waals surface area contributed by atoms with Crippen molar-refractivity contribution in [2.45, 2.75) is 6.92 Å². The average molecular weight is 297 g/mol. The summed E-state index contributed by atoms with van der Waals surface area (Å²) in [6, 6.07) is 4.06. The number of methoxy groups -OCH3 is 1. The van der Waals surface area contributed by atoms with Crippen LogP contribution in [-0.2, 0) is 4.74 Å². The van der Waals surface area contributed by atoms with Gasteiger partial charge in [0, 0.05) is 11.1 Å². The predicted molar refractivity (Wildman–Crippen MR) is 69.7 cm³/mol. The Morgan fingerprint density at radius 3 is 2.80 bits per heavy atom. The summed E-state index contributed by atoms with van der Waals surface area (Å²) in [4.78, 5) is 22.2. The van der Waals surface area contributed by atoms with Crippen molar-refractivity contribution in [1.29, 1.82) is 0 Å². The molecule has 1 heterocycles. The van der Waals surface area contributed by atoms with Gasteiger partial charge in [0.1, 0.15) is 17.0 Å². The molecule has 2 aromatic rings. The lowest BCUT2D eigenvalue weighted by atomic mass is 10.0. The van der Waals surface area contributed by atoms with E-state index in [9.17, 15) is 14.9 Å². The van der Waals surface area contributed by atoms with E-state index < -0.39 is 10.9 Å². The molecule has 0 aliphatic rings. The van der Waals surface area contributed by atoms with Gasteiger partial charge in [0.25, 0.3) is 5.69 Å². The van der Waals surface area contributed by atoms with Crippen molar-refractivity contribution in [2.75, 3.05) is 7.11 Å². The Bertz CT molecular complexity index is 695. The standard InChI is InChI=1S/C12H9ClN2O5/c1-6-10(12(16)19-2)11(14-20-6)8-4-3-7(13)5-9(8)15(17)18/h3-5H,1-2H3. The summed E-state index contributed by atoms with van der Waals surface area (Å²) in [6.45, 7) is 1.52.